The van der Waals surface area contributed by atoms with Crippen molar-refractivity contribution in [1.29, 1.82) is 0 Å². The van der Waals surface area contributed by atoms with E-state index in [0.29, 0.717) is 18.1 Å². The Kier molecular flexibility index (Phi) is 3.06. The van der Waals surface area contributed by atoms with E-state index in [4.69, 9.17) is 5.10 Å². The molecular weight excluding hydrogens is 284 g/mol. The minimum Gasteiger partial charge on any atom is -0.299 e. The van der Waals surface area contributed by atoms with Crippen LogP contribution in [0.2, 0.25) is 0 Å². The standard InChI is InChI=1S/C20H24N2O/c1-19(2)16-10-9-14-13-22(15-7-5-4-6-8-15)21-18(14)20(16,3)12-11-17(19)23/h4-8,13,16H,9-12H2,1-3H3/t16-,20-/m0/s1. The molecule has 0 N–H and O–H groups in total. The van der Waals surface area contributed by atoms with Gasteiger partial charge in [-0.2, -0.15) is 5.10 Å². The van der Waals surface area contributed by atoms with E-state index in [1.165, 1.54) is 11.3 Å². The fraction of sp³-hybridized carbons (Fsp3) is 0.500. The summed E-state index contributed by atoms with van der Waals surface area (Å²) in [7, 11) is 0. The normalized spacial score (nSPS) is 29.0. The van der Waals surface area contributed by atoms with E-state index in [1.54, 1.807) is 0 Å². The van der Waals surface area contributed by atoms with Crippen molar-refractivity contribution in [3.63, 3.8) is 0 Å². The molecule has 0 saturated heterocycles. The molecule has 120 valence electrons. The SMILES string of the molecule is CC1(C)C(=O)CC[C@]2(C)c3nn(-c4ccccc4)cc3CC[C@@H]12. The molecule has 2 aliphatic carbocycles. The molecule has 0 amide bonds. The van der Waals surface area contributed by atoms with Gasteiger partial charge in [-0.05, 0) is 42.9 Å². The van der Waals surface area contributed by atoms with Crippen LogP contribution >= 0.6 is 0 Å². The number of hydrogen-bond donors (Lipinski definition) is 0. The quantitative estimate of drug-likeness (QED) is 0.795. The summed E-state index contributed by atoms with van der Waals surface area (Å²) in [6.45, 7) is 6.60. The molecule has 1 saturated carbocycles. The Labute approximate surface area is 137 Å². The highest BCUT2D eigenvalue weighted by Crippen LogP contribution is 2.55. The van der Waals surface area contributed by atoms with Crippen molar-refractivity contribution in [2.75, 3.05) is 0 Å². The highest BCUT2D eigenvalue weighted by Gasteiger charge is 2.54. The number of Topliss-reactive ketones (excluding diaryl/α,β-unsaturated/α-hetero) is 1. The smallest absolute Gasteiger partial charge is 0.138 e. The third kappa shape index (κ3) is 2.02. The molecule has 1 fully saturated rings. The van der Waals surface area contributed by atoms with Crippen molar-refractivity contribution in [3.05, 3.63) is 47.8 Å². The van der Waals surface area contributed by atoms with Gasteiger partial charge in [0.2, 0.25) is 0 Å². The van der Waals surface area contributed by atoms with E-state index >= 15 is 0 Å². The van der Waals surface area contributed by atoms with Gasteiger partial charge < -0.3 is 0 Å². The number of fused-ring (bicyclic) bond motifs is 3. The summed E-state index contributed by atoms with van der Waals surface area (Å²) in [6, 6.07) is 10.3. The zero-order valence-corrected chi connectivity index (χ0v) is 14.2. The number of aromatic nitrogens is 2. The Morgan fingerprint density at radius 1 is 1.13 bits per heavy atom. The summed E-state index contributed by atoms with van der Waals surface area (Å²) in [5.74, 6) is 0.814. The fourth-order valence-corrected chi connectivity index (χ4v) is 4.91. The van der Waals surface area contributed by atoms with Crippen molar-refractivity contribution >= 4 is 5.78 Å². The summed E-state index contributed by atoms with van der Waals surface area (Å²) in [5, 5.41) is 4.97. The van der Waals surface area contributed by atoms with Gasteiger partial charge in [0.15, 0.2) is 0 Å². The lowest BCUT2D eigenvalue weighted by atomic mass is 9.51. The maximum Gasteiger partial charge on any atom is 0.138 e. The lowest BCUT2D eigenvalue weighted by Crippen LogP contribution is -2.52. The third-order valence-electron chi connectivity index (χ3n) is 6.28. The van der Waals surface area contributed by atoms with Gasteiger partial charge in [-0.3, -0.25) is 4.79 Å². The molecule has 23 heavy (non-hydrogen) atoms. The van der Waals surface area contributed by atoms with Crippen LogP contribution in [0.3, 0.4) is 0 Å². The zero-order chi connectivity index (χ0) is 16.2. The Balaban J connectivity index is 1.81. The molecule has 2 atom stereocenters. The van der Waals surface area contributed by atoms with Crippen LogP contribution in [0.4, 0.5) is 0 Å². The van der Waals surface area contributed by atoms with E-state index in [9.17, 15) is 4.79 Å². The molecular formula is C20H24N2O. The van der Waals surface area contributed by atoms with E-state index in [2.05, 4.69) is 39.1 Å². The average Bonchev–Trinajstić information content (AvgIpc) is 2.98. The van der Waals surface area contributed by atoms with Gasteiger partial charge in [0.1, 0.15) is 5.78 Å². The number of carbonyl (C=O) groups excluding carboxylic acids is 1. The predicted octanol–water partition coefficient (Wildman–Crippen LogP) is 4.08. The Bertz CT molecular complexity index is 759. The number of hydrogen-bond acceptors (Lipinski definition) is 2. The molecule has 1 heterocycles. The second-order valence-corrected chi connectivity index (χ2v) is 7.94. The lowest BCUT2D eigenvalue weighted by molar-refractivity contribution is -0.137. The summed E-state index contributed by atoms with van der Waals surface area (Å²) in [6.07, 6.45) is 5.91. The Morgan fingerprint density at radius 3 is 2.61 bits per heavy atom. The number of para-hydroxylation sites is 1. The zero-order valence-electron chi connectivity index (χ0n) is 14.2. The molecule has 3 nitrogen and oxygen atoms in total. The van der Waals surface area contributed by atoms with Gasteiger partial charge in [-0.15, -0.1) is 0 Å². The van der Waals surface area contributed by atoms with Crippen LogP contribution < -0.4 is 0 Å². The predicted molar refractivity (Wildman–Crippen MR) is 90.7 cm³/mol. The molecule has 0 bridgehead atoms. The molecule has 1 aromatic carbocycles. The highest BCUT2D eigenvalue weighted by molar-refractivity contribution is 5.86. The van der Waals surface area contributed by atoms with Crippen molar-refractivity contribution in [1.82, 2.24) is 9.78 Å². The molecule has 1 aromatic heterocycles. The number of benzene rings is 1. The van der Waals surface area contributed by atoms with Crippen LogP contribution in [0.5, 0.6) is 0 Å². The molecule has 0 aliphatic heterocycles. The summed E-state index contributed by atoms with van der Waals surface area (Å²) < 4.78 is 2.02. The highest BCUT2D eigenvalue weighted by atomic mass is 16.1. The van der Waals surface area contributed by atoms with Gasteiger partial charge in [0.25, 0.3) is 0 Å². The van der Waals surface area contributed by atoms with Crippen molar-refractivity contribution in [3.8, 4) is 5.69 Å². The van der Waals surface area contributed by atoms with Gasteiger partial charge in [-0.25, -0.2) is 4.68 Å². The molecule has 0 radical (unpaired) electrons. The number of ketones is 1. The third-order valence-corrected chi connectivity index (χ3v) is 6.28. The van der Waals surface area contributed by atoms with Crippen LogP contribution in [-0.2, 0) is 16.6 Å². The maximum atomic E-state index is 12.4. The van der Waals surface area contributed by atoms with E-state index in [-0.39, 0.29) is 10.8 Å². The molecule has 4 rings (SSSR count). The number of rotatable bonds is 1. The number of carbonyl (C=O) groups is 1. The first-order valence-electron chi connectivity index (χ1n) is 8.61. The minimum atomic E-state index is -0.235. The van der Waals surface area contributed by atoms with Crippen molar-refractivity contribution in [2.24, 2.45) is 11.3 Å². The number of nitrogens with zero attached hydrogens (tertiary/aromatic N) is 2. The summed E-state index contributed by atoms with van der Waals surface area (Å²) >= 11 is 0. The minimum absolute atomic E-state index is 0.0189. The Hall–Kier alpha value is -1.90. The topological polar surface area (TPSA) is 34.9 Å². The van der Waals surface area contributed by atoms with Crippen LogP contribution in [0, 0.1) is 11.3 Å². The first-order chi connectivity index (χ1) is 10.9. The van der Waals surface area contributed by atoms with E-state index in [0.717, 1.165) is 24.9 Å². The second-order valence-electron chi connectivity index (χ2n) is 7.94. The van der Waals surface area contributed by atoms with Crippen LogP contribution in [-0.4, -0.2) is 15.6 Å². The molecule has 0 unspecified atom stereocenters. The first kappa shape index (κ1) is 14.7. The first-order valence-corrected chi connectivity index (χ1v) is 8.61. The molecule has 3 heteroatoms. The average molecular weight is 308 g/mol. The van der Waals surface area contributed by atoms with Gasteiger partial charge >= 0.3 is 0 Å². The second kappa shape index (κ2) is 4.80. The van der Waals surface area contributed by atoms with Gasteiger partial charge in [-0.1, -0.05) is 39.0 Å². The van der Waals surface area contributed by atoms with E-state index in [1.807, 2.05) is 22.9 Å². The summed E-state index contributed by atoms with van der Waals surface area (Å²) in [4.78, 5) is 12.4. The largest absolute Gasteiger partial charge is 0.299 e. The van der Waals surface area contributed by atoms with E-state index < -0.39 is 0 Å². The van der Waals surface area contributed by atoms with Crippen LogP contribution in [0.25, 0.3) is 5.69 Å². The Morgan fingerprint density at radius 2 is 1.87 bits per heavy atom. The molecule has 2 aromatic rings. The maximum absolute atomic E-state index is 12.4. The molecule has 2 aliphatic rings. The molecule has 0 spiro atoms. The monoisotopic (exact) mass is 308 g/mol. The van der Waals surface area contributed by atoms with Crippen LogP contribution in [0.15, 0.2) is 36.5 Å². The summed E-state index contributed by atoms with van der Waals surface area (Å²) in [5.41, 5.74) is 3.47. The lowest BCUT2D eigenvalue weighted by Gasteiger charge is -2.51. The van der Waals surface area contributed by atoms with Crippen molar-refractivity contribution in [2.45, 2.75) is 51.9 Å². The van der Waals surface area contributed by atoms with Crippen LogP contribution in [0.1, 0.15) is 51.3 Å². The van der Waals surface area contributed by atoms with Crippen molar-refractivity contribution < 1.29 is 4.79 Å². The van der Waals surface area contributed by atoms with Gasteiger partial charge in [0.05, 0.1) is 11.4 Å². The van der Waals surface area contributed by atoms with Gasteiger partial charge in [0, 0.05) is 23.4 Å². The fourth-order valence-electron chi connectivity index (χ4n) is 4.91. The number of aryl methyl sites for hydroxylation is 1.